The summed E-state index contributed by atoms with van der Waals surface area (Å²) in [6.45, 7) is 2.82. The van der Waals surface area contributed by atoms with E-state index in [1.807, 2.05) is 24.3 Å². The Bertz CT molecular complexity index is 348. The lowest BCUT2D eigenvalue weighted by atomic mass is 10.0. The van der Waals surface area contributed by atoms with Gasteiger partial charge in [0.25, 0.3) is 0 Å². The second-order valence-electron chi connectivity index (χ2n) is 4.04. The van der Waals surface area contributed by atoms with Crippen LogP contribution in [-0.2, 0) is 4.79 Å². The Balaban J connectivity index is 2.52. The van der Waals surface area contributed by atoms with E-state index in [-0.39, 0.29) is 12.5 Å². The van der Waals surface area contributed by atoms with E-state index in [9.17, 15) is 9.90 Å². The summed E-state index contributed by atoms with van der Waals surface area (Å²) in [7, 11) is 0. The molecule has 0 aliphatic heterocycles. The maximum atomic E-state index is 10.4. The average molecular weight is 237 g/mol. The van der Waals surface area contributed by atoms with E-state index < -0.39 is 5.97 Å². The van der Waals surface area contributed by atoms with Crippen LogP contribution in [-0.4, -0.2) is 12.6 Å². The van der Waals surface area contributed by atoms with Gasteiger partial charge in [-0.15, -0.1) is 0 Å². The molecule has 0 radical (unpaired) electrons. The highest BCUT2D eigenvalue weighted by atomic mass is 16.5. The molecule has 0 spiro atoms. The molecule has 17 heavy (non-hydrogen) atoms. The molecule has 94 valence electrons. The summed E-state index contributed by atoms with van der Waals surface area (Å²) < 4.78 is 5.51. The molecule has 0 bridgehead atoms. The van der Waals surface area contributed by atoms with Crippen LogP contribution in [0.2, 0.25) is 0 Å². The molecule has 3 N–H and O–H groups in total. The lowest BCUT2D eigenvalue weighted by Crippen LogP contribution is -2.55. The van der Waals surface area contributed by atoms with E-state index in [1.54, 1.807) is 0 Å². The van der Waals surface area contributed by atoms with Crippen molar-refractivity contribution in [2.45, 2.75) is 32.2 Å². The molecule has 1 atom stereocenters. The minimum absolute atomic E-state index is 0.0595. The standard InChI is InChI=1S/C13H19NO3/c1-2-3-8-17-11-6-4-10(5-7-11)12(14)9-13(15)16/h4-7,12H,2-3,8-9,14H2,1H3,(H,15,16)/t12-/m1/s1. The fourth-order valence-corrected chi connectivity index (χ4v) is 1.49. The van der Waals surface area contributed by atoms with Crippen LogP contribution in [0.5, 0.6) is 5.75 Å². The number of quaternary nitrogens is 1. The van der Waals surface area contributed by atoms with Gasteiger partial charge < -0.3 is 20.4 Å². The van der Waals surface area contributed by atoms with Crippen LogP contribution in [0.25, 0.3) is 0 Å². The third kappa shape index (κ3) is 4.87. The SMILES string of the molecule is CCCCOc1ccc([C@H]([NH3+])CC(=O)[O-])cc1. The van der Waals surface area contributed by atoms with Gasteiger partial charge in [0.05, 0.1) is 6.61 Å². The highest BCUT2D eigenvalue weighted by Gasteiger charge is 2.09. The largest absolute Gasteiger partial charge is 0.550 e. The van der Waals surface area contributed by atoms with E-state index in [0.717, 1.165) is 24.2 Å². The molecule has 0 fully saturated rings. The molecule has 4 heteroatoms. The van der Waals surface area contributed by atoms with E-state index in [0.29, 0.717) is 6.61 Å². The molecule has 1 aromatic rings. The lowest BCUT2D eigenvalue weighted by molar-refractivity contribution is -0.430. The highest BCUT2D eigenvalue weighted by molar-refractivity contribution is 5.65. The van der Waals surface area contributed by atoms with Crippen molar-refractivity contribution in [3.63, 3.8) is 0 Å². The van der Waals surface area contributed by atoms with Gasteiger partial charge in [-0.05, 0) is 30.7 Å². The van der Waals surface area contributed by atoms with E-state index in [1.165, 1.54) is 0 Å². The van der Waals surface area contributed by atoms with Crippen LogP contribution < -0.4 is 15.6 Å². The summed E-state index contributed by atoms with van der Waals surface area (Å²) >= 11 is 0. The van der Waals surface area contributed by atoms with Crippen molar-refractivity contribution in [3.05, 3.63) is 29.8 Å². The van der Waals surface area contributed by atoms with Crippen LogP contribution >= 0.6 is 0 Å². The number of hydrogen-bond donors (Lipinski definition) is 1. The number of hydrogen-bond acceptors (Lipinski definition) is 3. The van der Waals surface area contributed by atoms with Crippen LogP contribution in [0.15, 0.2) is 24.3 Å². The van der Waals surface area contributed by atoms with Gasteiger partial charge >= 0.3 is 0 Å². The van der Waals surface area contributed by atoms with Gasteiger partial charge in [0.15, 0.2) is 0 Å². The molecule has 0 unspecified atom stereocenters. The number of aliphatic carboxylic acids is 1. The van der Waals surface area contributed by atoms with Gasteiger partial charge in [0.2, 0.25) is 0 Å². The quantitative estimate of drug-likeness (QED) is 0.692. The second kappa shape index (κ2) is 6.91. The summed E-state index contributed by atoms with van der Waals surface area (Å²) in [5, 5.41) is 10.4. The predicted molar refractivity (Wildman–Crippen MR) is 62.1 cm³/mol. The van der Waals surface area contributed by atoms with Crippen LogP contribution in [0.4, 0.5) is 0 Å². The molecule has 0 amide bonds. The average Bonchev–Trinajstić information content (AvgIpc) is 2.29. The zero-order valence-corrected chi connectivity index (χ0v) is 10.1. The van der Waals surface area contributed by atoms with Gasteiger partial charge in [0, 0.05) is 18.0 Å². The Morgan fingerprint density at radius 3 is 2.59 bits per heavy atom. The molecule has 0 aliphatic carbocycles. The molecule has 1 aromatic carbocycles. The third-order valence-electron chi connectivity index (χ3n) is 2.53. The molecule has 0 aliphatic rings. The number of carboxylic acids is 1. The Kier molecular flexibility index (Phi) is 5.49. The number of ether oxygens (including phenoxy) is 1. The highest BCUT2D eigenvalue weighted by Crippen LogP contribution is 2.17. The molecule has 0 saturated carbocycles. The predicted octanol–water partition coefficient (Wildman–Crippen LogP) is 0.289. The summed E-state index contributed by atoms with van der Waals surface area (Å²) in [6, 6.07) is 7.12. The van der Waals surface area contributed by atoms with Gasteiger partial charge in [-0.25, -0.2) is 0 Å². The number of carboxylic acid groups (broad SMARTS) is 1. The molecule has 0 saturated heterocycles. The summed E-state index contributed by atoms with van der Waals surface area (Å²) in [5.41, 5.74) is 4.68. The Morgan fingerprint density at radius 1 is 1.41 bits per heavy atom. The summed E-state index contributed by atoms with van der Waals surface area (Å²) in [5.74, 6) is -0.267. The van der Waals surface area contributed by atoms with Crippen molar-refractivity contribution in [3.8, 4) is 5.75 Å². The van der Waals surface area contributed by atoms with Crippen molar-refractivity contribution in [2.24, 2.45) is 0 Å². The smallest absolute Gasteiger partial charge is 0.119 e. The first-order valence-electron chi connectivity index (χ1n) is 5.89. The maximum absolute atomic E-state index is 10.4. The Hall–Kier alpha value is -1.55. The van der Waals surface area contributed by atoms with Crippen molar-refractivity contribution in [1.29, 1.82) is 0 Å². The monoisotopic (exact) mass is 237 g/mol. The van der Waals surface area contributed by atoms with Gasteiger partial charge in [-0.3, -0.25) is 0 Å². The van der Waals surface area contributed by atoms with Crippen molar-refractivity contribution in [2.75, 3.05) is 6.61 Å². The normalized spacial score (nSPS) is 12.1. The van der Waals surface area contributed by atoms with E-state index in [2.05, 4.69) is 12.7 Å². The Morgan fingerprint density at radius 2 is 2.06 bits per heavy atom. The molecule has 1 rings (SSSR count). The van der Waals surface area contributed by atoms with Gasteiger partial charge in [-0.1, -0.05) is 13.3 Å². The van der Waals surface area contributed by atoms with Gasteiger partial charge in [0.1, 0.15) is 11.8 Å². The minimum atomic E-state index is -1.08. The van der Waals surface area contributed by atoms with Gasteiger partial charge in [-0.2, -0.15) is 0 Å². The molecule has 4 nitrogen and oxygen atoms in total. The number of unbranched alkanes of at least 4 members (excludes halogenated alkanes) is 1. The molecular formula is C13H19NO3. The Labute approximate surface area is 101 Å². The number of carbonyl (C=O) groups excluding carboxylic acids is 1. The van der Waals surface area contributed by atoms with E-state index >= 15 is 0 Å². The molecular weight excluding hydrogens is 218 g/mol. The summed E-state index contributed by atoms with van der Waals surface area (Å²) in [6.07, 6.45) is 2.07. The van der Waals surface area contributed by atoms with E-state index in [4.69, 9.17) is 4.74 Å². The first-order chi connectivity index (χ1) is 8.13. The van der Waals surface area contributed by atoms with Crippen molar-refractivity contribution in [1.82, 2.24) is 0 Å². The fraction of sp³-hybridized carbons (Fsp3) is 0.462. The van der Waals surface area contributed by atoms with Crippen molar-refractivity contribution < 1.29 is 20.4 Å². The molecule has 0 aromatic heterocycles. The van der Waals surface area contributed by atoms with Crippen molar-refractivity contribution >= 4 is 5.97 Å². The number of benzene rings is 1. The third-order valence-corrected chi connectivity index (χ3v) is 2.53. The first kappa shape index (κ1) is 13.5. The lowest BCUT2D eigenvalue weighted by Gasteiger charge is -2.10. The second-order valence-corrected chi connectivity index (χ2v) is 4.04. The zero-order chi connectivity index (χ0) is 12.7. The van der Waals surface area contributed by atoms with Crippen LogP contribution in [0.3, 0.4) is 0 Å². The topological polar surface area (TPSA) is 77.0 Å². The molecule has 0 heterocycles. The number of rotatable bonds is 7. The number of carbonyl (C=O) groups is 1. The maximum Gasteiger partial charge on any atom is 0.119 e. The minimum Gasteiger partial charge on any atom is -0.550 e. The fourth-order valence-electron chi connectivity index (χ4n) is 1.49. The van der Waals surface area contributed by atoms with Crippen LogP contribution in [0.1, 0.15) is 37.8 Å². The van der Waals surface area contributed by atoms with Crippen LogP contribution in [0, 0.1) is 0 Å². The zero-order valence-electron chi connectivity index (χ0n) is 10.1. The summed E-state index contributed by atoms with van der Waals surface area (Å²) in [4.78, 5) is 10.4. The first-order valence-corrected chi connectivity index (χ1v) is 5.89.